The standard InChI is InChI=1S/C18H28N4O8S/c1-4-7(2)9(19)15(27)20-10(17(28)29)11(24)14-12(25)13(26)16(31-14)22-6-5-8(23)21(3)18(22)30/h5-7,9-14,16,24-26H,4,19H2,1-3H3,(H,20,27)(H,28,29)/t7-,9-,10?,11?,12+,13+,14+,16+/m0/s1. The zero-order valence-corrected chi connectivity index (χ0v) is 18.1. The Bertz CT molecular complexity index is 934. The van der Waals surface area contributed by atoms with Crippen molar-refractivity contribution in [3.63, 3.8) is 0 Å². The lowest BCUT2D eigenvalue weighted by molar-refractivity contribution is -0.146. The average molecular weight is 461 g/mol. The van der Waals surface area contributed by atoms with Crippen molar-refractivity contribution in [1.82, 2.24) is 14.5 Å². The average Bonchev–Trinajstić information content (AvgIpc) is 3.03. The molecule has 0 aliphatic carbocycles. The van der Waals surface area contributed by atoms with Crippen LogP contribution in [0.4, 0.5) is 0 Å². The largest absolute Gasteiger partial charge is 0.480 e. The van der Waals surface area contributed by atoms with Gasteiger partial charge in [0.05, 0.1) is 23.5 Å². The van der Waals surface area contributed by atoms with Crippen LogP contribution in [0.5, 0.6) is 0 Å². The second kappa shape index (κ2) is 9.96. The zero-order valence-electron chi connectivity index (χ0n) is 17.3. The van der Waals surface area contributed by atoms with Crippen molar-refractivity contribution in [2.75, 3.05) is 0 Å². The lowest BCUT2D eigenvalue weighted by atomic mass is 9.97. The van der Waals surface area contributed by atoms with E-state index in [2.05, 4.69) is 5.32 Å². The second-order valence-electron chi connectivity index (χ2n) is 7.60. The minimum atomic E-state index is -1.81. The molecule has 2 unspecified atom stereocenters. The number of carbonyl (C=O) groups is 2. The number of aliphatic carboxylic acids is 1. The van der Waals surface area contributed by atoms with Crippen LogP contribution in [0.2, 0.25) is 0 Å². The molecule has 0 bridgehead atoms. The number of carboxylic acid groups (broad SMARTS) is 1. The van der Waals surface area contributed by atoms with Gasteiger partial charge in [0.1, 0.15) is 11.5 Å². The summed E-state index contributed by atoms with van der Waals surface area (Å²) in [7, 11) is 1.24. The van der Waals surface area contributed by atoms with Crippen molar-refractivity contribution < 1.29 is 30.0 Å². The van der Waals surface area contributed by atoms with Crippen LogP contribution < -0.4 is 22.3 Å². The second-order valence-corrected chi connectivity index (χ2v) is 8.90. The summed E-state index contributed by atoms with van der Waals surface area (Å²) in [5.41, 5.74) is 4.49. The van der Waals surface area contributed by atoms with Gasteiger partial charge in [0.25, 0.3) is 5.56 Å². The van der Waals surface area contributed by atoms with Gasteiger partial charge in [-0.05, 0) is 5.92 Å². The monoisotopic (exact) mass is 460 g/mol. The number of hydrogen-bond donors (Lipinski definition) is 6. The van der Waals surface area contributed by atoms with Crippen molar-refractivity contribution in [2.24, 2.45) is 18.7 Å². The Kier molecular flexibility index (Phi) is 8.05. The number of carbonyl (C=O) groups excluding carboxylic acids is 1. The van der Waals surface area contributed by atoms with E-state index in [1.807, 2.05) is 6.92 Å². The molecule has 13 heteroatoms. The molecule has 1 saturated heterocycles. The molecular weight excluding hydrogens is 432 g/mol. The van der Waals surface area contributed by atoms with Gasteiger partial charge in [0.2, 0.25) is 5.91 Å². The van der Waals surface area contributed by atoms with E-state index in [0.29, 0.717) is 6.42 Å². The minimum absolute atomic E-state index is 0.235. The number of aliphatic hydroxyl groups excluding tert-OH is 3. The van der Waals surface area contributed by atoms with Crippen molar-refractivity contribution >= 4 is 23.6 Å². The van der Waals surface area contributed by atoms with Crippen LogP contribution in [0.15, 0.2) is 21.9 Å². The number of aliphatic hydroxyl groups is 3. The van der Waals surface area contributed by atoms with Crippen LogP contribution in [-0.2, 0) is 16.6 Å². The summed E-state index contributed by atoms with van der Waals surface area (Å²) < 4.78 is 1.82. The number of aromatic nitrogens is 2. The van der Waals surface area contributed by atoms with Crippen molar-refractivity contribution in [3.8, 4) is 0 Å². The molecule has 1 amide bonds. The molecule has 31 heavy (non-hydrogen) atoms. The number of carboxylic acids is 1. The van der Waals surface area contributed by atoms with Gasteiger partial charge in [0.15, 0.2) is 6.04 Å². The van der Waals surface area contributed by atoms with Gasteiger partial charge < -0.3 is 31.5 Å². The predicted octanol–water partition coefficient (Wildman–Crippen LogP) is -2.81. The number of nitrogens with zero attached hydrogens (tertiary/aromatic N) is 2. The molecule has 1 aromatic heterocycles. The maximum atomic E-state index is 12.4. The molecule has 0 aromatic carbocycles. The quantitative estimate of drug-likeness (QED) is 0.235. The molecule has 2 heterocycles. The van der Waals surface area contributed by atoms with E-state index in [4.69, 9.17) is 5.73 Å². The van der Waals surface area contributed by atoms with E-state index in [0.717, 1.165) is 33.2 Å². The van der Waals surface area contributed by atoms with Gasteiger partial charge in [0, 0.05) is 19.3 Å². The summed E-state index contributed by atoms with van der Waals surface area (Å²) in [5, 5.41) is 40.9. The number of nitrogens with one attached hydrogen (secondary N) is 1. The molecule has 0 saturated carbocycles. The van der Waals surface area contributed by atoms with E-state index in [-0.39, 0.29) is 5.92 Å². The van der Waals surface area contributed by atoms with Crippen LogP contribution in [0, 0.1) is 5.92 Å². The third kappa shape index (κ3) is 5.01. The highest BCUT2D eigenvalue weighted by molar-refractivity contribution is 8.00. The number of hydrogen-bond acceptors (Lipinski definition) is 9. The van der Waals surface area contributed by atoms with Gasteiger partial charge in [-0.1, -0.05) is 20.3 Å². The Morgan fingerprint density at radius 3 is 2.45 bits per heavy atom. The smallest absolute Gasteiger partial charge is 0.331 e. The van der Waals surface area contributed by atoms with Crippen LogP contribution in [0.3, 0.4) is 0 Å². The SMILES string of the molecule is CC[C@H](C)[C@H](N)C(=O)NC(C(=O)O)C(O)[C@H]1S[C@@H](n2ccc(=O)n(C)c2=O)[C@H](O)[C@H]1O. The number of amides is 1. The maximum absolute atomic E-state index is 12.4. The highest BCUT2D eigenvalue weighted by atomic mass is 32.2. The van der Waals surface area contributed by atoms with E-state index in [9.17, 15) is 39.6 Å². The fourth-order valence-corrected chi connectivity index (χ4v) is 4.80. The maximum Gasteiger partial charge on any atom is 0.331 e. The molecular formula is C18H28N4O8S. The topological polar surface area (TPSA) is 197 Å². The van der Waals surface area contributed by atoms with Crippen LogP contribution in [-0.4, -0.2) is 77.1 Å². The Labute approximate surface area is 181 Å². The predicted molar refractivity (Wildman–Crippen MR) is 111 cm³/mol. The third-order valence-electron chi connectivity index (χ3n) is 5.57. The highest BCUT2D eigenvalue weighted by Gasteiger charge is 2.50. The number of thioether (sulfide) groups is 1. The van der Waals surface area contributed by atoms with Crippen molar-refractivity contribution in [2.45, 2.75) is 61.3 Å². The number of nitrogens with two attached hydrogens (primary N) is 1. The fraction of sp³-hybridized carbons (Fsp3) is 0.667. The summed E-state index contributed by atoms with van der Waals surface area (Å²) in [6.45, 7) is 3.54. The Morgan fingerprint density at radius 2 is 1.90 bits per heavy atom. The van der Waals surface area contributed by atoms with Gasteiger partial charge in [-0.15, -0.1) is 11.8 Å². The first-order valence-corrected chi connectivity index (χ1v) is 10.6. The molecule has 1 aliphatic heterocycles. The molecule has 7 N–H and O–H groups in total. The molecule has 1 aromatic rings. The summed E-state index contributed by atoms with van der Waals surface area (Å²) in [6.07, 6.45) is -3.25. The van der Waals surface area contributed by atoms with Gasteiger partial charge >= 0.3 is 11.7 Å². The van der Waals surface area contributed by atoms with Gasteiger partial charge in [-0.2, -0.15) is 0 Å². The van der Waals surface area contributed by atoms with E-state index < -0.39 is 64.1 Å². The zero-order chi connectivity index (χ0) is 23.6. The Hall–Kier alpha value is -2.19. The van der Waals surface area contributed by atoms with E-state index in [1.54, 1.807) is 6.92 Å². The lowest BCUT2D eigenvalue weighted by Crippen LogP contribution is -2.58. The van der Waals surface area contributed by atoms with Crippen LogP contribution in [0.25, 0.3) is 0 Å². The molecule has 2 rings (SSSR count). The summed E-state index contributed by atoms with van der Waals surface area (Å²) >= 11 is 0.761. The van der Waals surface area contributed by atoms with Gasteiger partial charge in [-0.3, -0.25) is 18.7 Å². The highest BCUT2D eigenvalue weighted by Crippen LogP contribution is 2.43. The van der Waals surface area contributed by atoms with Crippen LogP contribution in [0.1, 0.15) is 25.6 Å². The van der Waals surface area contributed by atoms with Crippen molar-refractivity contribution in [3.05, 3.63) is 33.1 Å². The normalized spacial score (nSPS) is 27.3. The van der Waals surface area contributed by atoms with Crippen molar-refractivity contribution in [1.29, 1.82) is 0 Å². The third-order valence-corrected chi connectivity index (χ3v) is 7.22. The first kappa shape index (κ1) is 25.1. The first-order chi connectivity index (χ1) is 14.4. The van der Waals surface area contributed by atoms with Gasteiger partial charge in [-0.25, -0.2) is 9.59 Å². The molecule has 1 aliphatic rings. The lowest BCUT2D eigenvalue weighted by Gasteiger charge is -2.28. The molecule has 12 nitrogen and oxygen atoms in total. The molecule has 0 radical (unpaired) electrons. The number of rotatable bonds is 8. The Balaban J connectivity index is 2.27. The van der Waals surface area contributed by atoms with E-state index in [1.165, 1.54) is 7.05 Å². The summed E-state index contributed by atoms with van der Waals surface area (Å²) in [5.74, 6) is -2.56. The fourth-order valence-electron chi connectivity index (χ4n) is 3.22. The molecule has 174 valence electrons. The van der Waals surface area contributed by atoms with Crippen LogP contribution >= 0.6 is 11.8 Å². The molecule has 0 spiro atoms. The summed E-state index contributed by atoms with van der Waals surface area (Å²) in [4.78, 5) is 48.0. The Morgan fingerprint density at radius 1 is 1.29 bits per heavy atom. The minimum Gasteiger partial charge on any atom is -0.480 e. The molecule has 8 atom stereocenters. The summed E-state index contributed by atoms with van der Waals surface area (Å²) in [6, 6.07) is -1.71. The van der Waals surface area contributed by atoms with E-state index >= 15 is 0 Å². The first-order valence-electron chi connectivity index (χ1n) is 9.68. The molecule has 1 fully saturated rings.